The standard InChI is InChI=1S/C24H47IO13/c25-1-2-28-3-4-29-5-6-30-7-8-31-9-10-32-11-12-33-13-14-34-15-16-35-17-18-36-19-20-37-21-22-38-23-24(26)27/h1-23H2,(H,26,27). The zero-order valence-corrected chi connectivity index (χ0v) is 24.6. The highest BCUT2D eigenvalue weighted by molar-refractivity contribution is 14.1. The molecule has 0 radical (unpaired) electrons. The van der Waals surface area contributed by atoms with Crippen LogP contribution in [0.1, 0.15) is 0 Å². The molecule has 1 N–H and O–H groups in total. The number of hydrogen-bond donors (Lipinski definition) is 1. The van der Waals surface area contributed by atoms with Crippen LogP contribution in [0.15, 0.2) is 0 Å². The monoisotopic (exact) mass is 670 g/mol. The number of ether oxygens (including phenoxy) is 11. The fourth-order valence-electron chi connectivity index (χ4n) is 2.41. The minimum atomic E-state index is -0.994. The maximum Gasteiger partial charge on any atom is 0.329 e. The van der Waals surface area contributed by atoms with Gasteiger partial charge in [0.1, 0.15) is 6.61 Å². The maximum atomic E-state index is 10.2. The van der Waals surface area contributed by atoms with Gasteiger partial charge in [-0.05, 0) is 0 Å². The van der Waals surface area contributed by atoms with Crippen molar-refractivity contribution in [1.82, 2.24) is 0 Å². The molecule has 0 aromatic carbocycles. The Morgan fingerprint density at radius 3 is 0.737 bits per heavy atom. The Bertz CT molecular complexity index is 463. The van der Waals surface area contributed by atoms with E-state index in [4.69, 9.17) is 57.2 Å². The van der Waals surface area contributed by atoms with E-state index in [1.165, 1.54) is 0 Å². The summed E-state index contributed by atoms with van der Waals surface area (Å²) in [5.74, 6) is -0.994. The average Bonchev–Trinajstić information content (AvgIpc) is 2.91. The Morgan fingerprint density at radius 1 is 0.368 bits per heavy atom. The van der Waals surface area contributed by atoms with E-state index in [-0.39, 0.29) is 13.2 Å². The third-order valence-corrected chi connectivity index (χ3v) is 4.61. The highest BCUT2D eigenvalue weighted by Crippen LogP contribution is 1.87. The van der Waals surface area contributed by atoms with E-state index >= 15 is 0 Å². The van der Waals surface area contributed by atoms with Crippen molar-refractivity contribution < 1.29 is 62.0 Å². The van der Waals surface area contributed by atoms with Crippen LogP contribution >= 0.6 is 22.6 Å². The molecule has 0 aromatic rings. The molecule has 228 valence electrons. The first-order valence-corrected chi connectivity index (χ1v) is 14.4. The van der Waals surface area contributed by atoms with Crippen LogP contribution in [0.4, 0.5) is 0 Å². The van der Waals surface area contributed by atoms with Gasteiger partial charge < -0.3 is 57.2 Å². The molecule has 0 atom stereocenters. The van der Waals surface area contributed by atoms with Crippen molar-refractivity contribution in [3.05, 3.63) is 0 Å². The van der Waals surface area contributed by atoms with Crippen molar-refractivity contribution in [3.8, 4) is 0 Å². The first-order chi connectivity index (χ1) is 18.8. The molecule has 0 saturated heterocycles. The van der Waals surface area contributed by atoms with Crippen LogP contribution in [0, 0.1) is 0 Å². The van der Waals surface area contributed by atoms with E-state index < -0.39 is 5.97 Å². The third kappa shape index (κ3) is 35.8. The lowest BCUT2D eigenvalue weighted by Gasteiger charge is -2.09. The Labute approximate surface area is 240 Å². The van der Waals surface area contributed by atoms with Gasteiger partial charge in [0, 0.05) is 4.43 Å². The number of carbonyl (C=O) groups is 1. The quantitative estimate of drug-likeness (QED) is 0.0585. The Balaban J connectivity index is 3.02. The molecule has 0 saturated carbocycles. The van der Waals surface area contributed by atoms with Gasteiger partial charge in [-0.1, -0.05) is 22.6 Å². The van der Waals surface area contributed by atoms with E-state index in [9.17, 15) is 4.79 Å². The number of alkyl halides is 1. The van der Waals surface area contributed by atoms with Crippen LogP contribution in [0.5, 0.6) is 0 Å². The molecule has 0 bridgehead atoms. The van der Waals surface area contributed by atoms with Crippen LogP contribution in [0.3, 0.4) is 0 Å². The lowest BCUT2D eigenvalue weighted by Crippen LogP contribution is -2.15. The van der Waals surface area contributed by atoms with Gasteiger partial charge in [0.05, 0.1) is 139 Å². The summed E-state index contributed by atoms with van der Waals surface area (Å²) in [4.78, 5) is 10.2. The van der Waals surface area contributed by atoms with E-state index in [1.807, 2.05) is 0 Å². The molecule has 0 fully saturated rings. The first kappa shape index (κ1) is 37.8. The zero-order chi connectivity index (χ0) is 27.6. The Hall–Kier alpha value is -0.240. The Morgan fingerprint density at radius 2 is 0.553 bits per heavy atom. The van der Waals surface area contributed by atoms with Crippen molar-refractivity contribution in [1.29, 1.82) is 0 Å². The molecule has 0 aliphatic rings. The molecule has 0 amide bonds. The Kier molecular flexibility index (Phi) is 34.6. The summed E-state index contributed by atoms with van der Waals surface area (Å²) in [5.41, 5.74) is 0. The smallest absolute Gasteiger partial charge is 0.329 e. The molecule has 0 aliphatic heterocycles. The van der Waals surface area contributed by atoms with E-state index in [0.29, 0.717) is 126 Å². The van der Waals surface area contributed by atoms with Gasteiger partial charge in [-0.3, -0.25) is 0 Å². The molecule has 0 aromatic heterocycles. The van der Waals surface area contributed by atoms with Crippen molar-refractivity contribution in [3.63, 3.8) is 0 Å². The van der Waals surface area contributed by atoms with Crippen LogP contribution in [0.2, 0.25) is 0 Å². The summed E-state index contributed by atoms with van der Waals surface area (Å²) in [6.45, 7) is 10.2. The van der Waals surface area contributed by atoms with Crippen LogP contribution < -0.4 is 0 Å². The summed E-state index contributed by atoms with van der Waals surface area (Å²) in [6, 6.07) is 0. The predicted molar refractivity (Wildman–Crippen MR) is 146 cm³/mol. The van der Waals surface area contributed by atoms with Gasteiger partial charge in [-0.25, -0.2) is 4.79 Å². The van der Waals surface area contributed by atoms with Gasteiger partial charge >= 0.3 is 5.97 Å². The zero-order valence-electron chi connectivity index (χ0n) is 22.5. The summed E-state index contributed by atoms with van der Waals surface area (Å²) in [7, 11) is 0. The fourth-order valence-corrected chi connectivity index (χ4v) is 2.72. The second-order valence-electron chi connectivity index (χ2n) is 7.26. The summed E-state index contributed by atoms with van der Waals surface area (Å²) in [6.07, 6.45) is 0. The topological polar surface area (TPSA) is 139 Å². The molecule has 38 heavy (non-hydrogen) atoms. The van der Waals surface area contributed by atoms with Gasteiger partial charge in [0.25, 0.3) is 0 Å². The van der Waals surface area contributed by atoms with Gasteiger partial charge in [0.15, 0.2) is 0 Å². The van der Waals surface area contributed by atoms with Gasteiger partial charge in [-0.15, -0.1) is 0 Å². The number of halogens is 1. The normalized spacial score (nSPS) is 11.4. The summed E-state index contributed by atoms with van der Waals surface area (Å²) < 4.78 is 59.7. The second kappa shape index (κ2) is 34.8. The highest BCUT2D eigenvalue weighted by Gasteiger charge is 1.97. The SMILES string of the molecule is O=C(O)COCCOCCOCCOCCOCCOCCOCCOCCOCCOCCOCCI. The largest absolute Gasteiger partial charge is 0.480 e. The minimum Gasteiger partial charge on any atom is -0.480 e. The van der Waals surface area contributed by atoms with Crippen LogP contribution in [-0.4, -0.2) is 161 Å². The number of hydrogen-bond acceptors (Lipinski definition) is 12. The van der Waals surface area contributed by atoms with Gasteiger partial charge in [-0.2, -0.15) is 0 Å². The molecule has 13 nitrogen and oxygen atoms in total. The average molecular weight is 671 g/mol. The van der Waals surface area contributed by atoms with E-state index in [2.05, 4.69) is 22.6 Å². The third-order valence-electron chi connectivity index (χ3n) is 4.17. The molecule has 14 heteroatoms. The summed E-state index contributed by atoms with van der Waals surface area (Å²) in [5, 5.41) is 8.40. The van der Waals surface area contributed by atoms with Crippen molar-refractivity contribution in [2.45, 2.75) is 0 Å². The number of carboxylic acids is 1. The molecule has 0 spiro atoms. The lowest BCUT2D eigenvalue weighted by atomic mass is 10.6. The number of aliphatic carboxylic acids is 1. The molecular formula is C24H47IO13. The molecule has 0 unspecified atom stereocenters. The van der Waals surface area contributed by atoms with Crippen molar-refractivity contribution in [2.75, 3.05) is 150 Å². The van der Waals surface area contributed by atoms with E-state index in [1.54, 1.807) is 0 Å². The van der Waals surface area contributed by atoms with Crippen LogP contribution in [-0.2, 0) is 56.9 Å². The van der Waals surface area contributed by atoms with Gasteiger partial charge in [0.2, 0.25) is 0 Å². The predicted octanol–water partition coefficient (Wildman–Crippen LogP) is 0.689. The molecule has 0 heterocycles. The molecular weight excluding hydrogens is 623 g/mol. The summed E-state index contributed by atoms with van der Waals surface area (Å²) >= 11 is 2.27. The number of rotatable bonds is 34. The lowest BCUT2D eigenvalue weighted by molar-refractivity contribution is -0.142. The van der Waals surface area contributed by atoms with Crippen molar-refractivity contribution in [2.24, 2.45) is 0 Å². The highest BCUT2D eigenvalue weighted by atomic mass is 127. The molecule has 0 aliphatic carbocycles. The fraction of sp³-hybridized carbons (Fsp3) is 0.958. The van der Waals surface area contributed by atoms with Crippen molar-refractivity contribution >= 4 is 28.6 Å². The minimum absolute atomic E-state index is 0.245. The molecule has 0 rings (SSSR count). The van der Waals surface area contributed by atoms with Crippen LogP contribution in [0.25, 0.3) is 0 Å². The maximum absolute atomic E-state index is 10.2. The van der Waals surface area contributed by atoms with E-state index in [0.717, 1.165) is 11.0 Å². The second-order valence-corrected chi connectivity index (χ2v) is 8.34. The number of carboxylic acid groups (broad SMARTS) is 1. The first-order valence-electron chi connectivity index (χ1n) is 12.9.